The van der Waals surface area contributed by atoms with Gasteiger partial charge >= 0.3 is 18.2 Å². The van der Waals surface area contributed by atoms with E-state index in [4.69, 9.17) is 5.11 Å². The quantitative estimate of drug-likeness (QED) is 0.789. The summed E-state index contributed by atoms with van der Waals surface area (Å²) in [5, 5.41) is 11.2. The highest BCUT2D eigenvalue weighted by Crippen LogP contribution is 2.30. The van der Waals surface area contributed by atoms with Crippen LogP contribution < -0.4 is 5.32 Å². The van der Waals surface area contributed by atoms with Gasteiger partial charge in [-0.2, -0.15) is 13.2 Å². The maximum absolute atomic E-state index is 12.4. The molecule has 5 nitrogen and oxygen atoms in total. The first-order chi connectivity index (χ1) is 9.15. The fraction of sp³-hybridized carbons (Fsp3) is 0.833. The fourth-order valence-corrected chi connectivity index (χ4v) is 1.85. The highest BCUT2D eigenvalue weighted by molar-refractivity contribution is 5.83. The van der Waals surface area contributed by atoms with Crippen LogP contribution in [-0.2, 0) is 4.79 Å². The summed E-state index contributed by atoms with van der Waals surface area (Å²) in [6, 6.07) is -2.58. The number of aliphatic carboxylic acids is 1. The van der Waals surface area contributed by atoms with Gasteiger partial charge in [0.2, 0.25) is 0 Å². The molecule has 8 heteroatoms. The number of hydrogen-bond acceptors (Lipinski definition) is 2. The number of rotatable bonds is 6. The van der Waals surface area contributed by atoms with Crippen molar-refractivity contribution in [2.75, 3.05) is 6.54 Å². The Hall–Kier alpha value is -1.47. The molecule has 20 heavy (non-hydrogen) atoms. The fourth-order valence-electron chi connectivity index (χ4n) is 1.85. The van der Waals surface area contributed by atoms with Gasteiger partial charge in [-0.1, -0.05) is 20.3 Å². The van der Waals surface area contributed by atoms with Crippen molar-refractivity contribution in [3.05, 3.63) is 0 Å². The zero-order valence-electron chi connectivity index (χ0n) is 11.4. The number of carboxylic acid groups (broad SMARTS) is 1. The summed E-state index contributed by atoms with van der Waals surface area (Å²) in [5.41, 5.74) is 0. The lowest BCUT2D eigenvalue weighted by atomic mass is 9.99. The molecule has 0 aromatic carbocycles. The monoisotopic (exact) mass is 296 g/mol. The Bertz CT molecular complexity index is 369. The second-order valence-electron chi connectivity index (χ2n) is 5.13. The topological polar surface area (TPSA) is 69.6 Å². The standard InChI is InChI=1S/C12H19F3N2O3/c1-3-7(2)9(10(18)19)16-11(20)17(8-4-5-8)6-12(13,14)15/h7-9H,3-6H2,1-2H3,(H,16,20)(H,18,19)/t7-,9-/m0/s1. The normalized spacial score (nSPS) is 18.2. The van der Waals surface area contributed by atoms with Crippen LogP contribution in [0, 0.1) is 5.92 Å². The van der Waals surface area contributed by atoms with Gasteiger partial charge in [-0.05, 0) is 18.8 Å². The van der Waals surface area contributed by atoms with E-state index in [9.17, 15) is 22.8 Å². The van der Waals surface area contributed by atoms with Crippen molar-refractivity contribution in [3.8, 4) is 0 Å². The molecule has 1 fully saturated rings. The van der Waals surface area contributed by atoms with Gasteiger partial charge in [0.15, 0.2) is 0 Å². The number of amides is 2. The van der Waals surface area contributed by atoms with E-state index in [1.54, 1.807) is 13.8 Å². The van der Waals surface area contributed by atoms with Crippen molar-refractivity contribution in [1.29, 1.82) is 0 Å². The predicted octanol–water partition coefficient (Wildman–Crippen LogP) is 2.22. The first kappa shape index (κ1) is 16.6. The zero-order valence-corrected chi connectivity index (χ0v) is 11.4. The van der Waals surface area contributed by atoms with Gasteiger partial charge in [0.25, 0.3) is 0 Å². The van der Waals surface area contributed by atoms with Gasteiger partial charge in [-0.25, -0.2) is 9.59 Å². The van der Waals surface area contributed by atoms with Crippen LogP contribution in [0.2, 0.25) is 0 Å². The van der Waals surface area contributed by atoms with Gasteiger partial charge in [0, 0.05) is 6.04 Å². The number of nitrogens with one attached hydrogen (secondary N) is 1. The van der Waals surface area contributed by atoms with E-state index in [1.165, 1.54) is 0 Å². The predicted molar refractivity (Wildman–Crippen MR) is 65.2 cm³/mol. The summed E-state index contributed by atoms with van der Waals surface area (Å²) in [7, 11) is 0. The molecule has 2 atom stereocenters. The van der Waals surface area contributed by atoms with Crippen molar-refractivity contribution in [2.24, 2.45) is 5.92 Å². The van der Waals surface area contributed by atoms with Crippen molar-refractivity contribution in [2.45, 2.75) is 51.4 Å². The van der Waals surface area contributed by atoms with Crippen molar-refractivity contribution < 1.29 is 27.9 Å². The molecule has 116 valence electrons. The molecule has 0 spiro atoms. The maximum atomic E-state index is 12.4. The second-order valence-corrected chi connectivity index (χ2v) is 5.13. The first-order valence-electron chi connectivity index (χ1n) is 6.52. The number of alkyl halides is 3. The lowest BCUT2D eigenvalue weighted by molar-refractivity contribution is -0.142. The van der Waals surface area contributed by atoms with Gasteiger partial charge < -0.3 is 15.3 Å². The molecule has 2 amide bonds. The molecule has 1 aliphatic rings. The average molecular weight is 296 g/mol. The maximum Gasteiger partial charge on any atom is 0.406 e. The van der Waals surface area contributed by atoms with E-state index < -0.39 is 36.8 Å². The summed E-state index contributed by atoms with van der Waals surface area (Å²) in [5.74, 6) is -1.60. The van der Waals surface area contributed by atoms with Crippen LogP contribution in [0.5, 0.6) is 0 Å². The van der Waals surface area contributed by atoms with Gasteiger partial charge in [-0.15, -0.1) is 0 Å². The smallest absolute Gasteiger partial charge is 0.406 e. The third-order valence-electron chi connectivity index (χ3n) is 3.36. The van der Waals surface area contributed by atoms with E-state index >= 15 is 0 Å². The molecule has 0 radical (unpaired) electrons. The average Bonchev–Trinajstić information content (AvgIpc) is 3.14. The van der Waals surface area contributed by atoms with Gasteiger partial charge in [-0.3, -0.25) is 0 Å². The number of carbonyl (C=O) groups is 2. The Morgan fingerprint density at radius 1 is 1.40 bits per heavy atom. The molecular weight excluding hydrogens is 277 g/mol. The summed E-state index contributed by atoms with van der Waals surface area (Å²) in [4.78, 5) is 23.6. The molecule has 0 bridgehead atoms. The molecule has 0 aromatic heterocycles. The molecule has 0 unspecified atom stereocenters. The second kappa shape index (κ2) is 6.32. The summed E-state index contributed by atoms with van der Waals surface area (Å²) in [6.07, 6.45) is -2.95. The van der Waals surface area contributed by atoms with Crippen LogP contribution >= 0.6 is 0 Å². The third kappa shape index (κ3) is 4.90. The molecule has 0 aliphatic heterocycles. The lowest BCUT2D eigenvalue weighted by Crippen LogP contribution is -2.53. The molecular formula is C12H19F3N2O3. The van der Waals surface area contributed by atoms with Crippen molar-refractivity contribution >= 4 is 12.0 Å². The van der Waals surface area contributed by atoms with E-state index in [2.05, 4.69) is 5.32 Å². The Labute approximate surface area is 115 Å². The van der Waals surface area contributed by atoms with Crippen LogP contribution in [0.1, 0.15) is 33.1 Å². The minimum absolute atomic E-state index is 0.358. The molecule has 1 aliphatic carbocycles. The highest BCUT2D eigenvalue weighted by atomic mass is 19.4. The summed E-state index contributed by atoms with van der Waals surface area (Å²) >= 11 is 0. The first-order valence-corrected chi connectivity index (χ1v) is 6.52. The summed E-state index contributed by atoms with van der Waals surface area (Å²) in [6.45, 7) is 2.03. The third-order valence-corrected chi connectivity index (χ3v) is 3.36. The van der Waals surface area contributed by atoms with Gasteiger partial charge in [0.05, 0.1) is 0 Å². The van der Waals surface area contributed by atoms with Crippen LogP contribution in [0.25, 0.3) is 0 Å². The minimum atomic E-state index is -4.49. The Morgan fingerprint density at radius 3 is 2.30 bits per heavy atom. The Kier molecular flexibility index (Phi) is 5.24. The molecule has 1 saturated carbocycles. The highest BCUT2D eigenvalue weighted by Gasteiger charge is 2.41. The number of hydrogen-bond donors (Lipinski definition) is 2. The molecule has 0 heterocycles. The van der Waals surface area contributed by atoms with Crippen LogP contribution in [0.4, 0.5) is 18.0 Å². The number of carbonyl (C=O) groups excluding carboxylic acids is 1. The number of carboxylic acids is 1. The van der Waals surface area contributed by atoms with Crippen LogP contribution in [0.3, 0.4) is 0 Å². The van der Waals surface area contributed by atoms with E-state index in [0.717, 1.165) is 0 Å². The molecule has 2 N–H and O–H groups in total. The van der Waals surface area contributed by atoms with Crippen LogP contribution in [0.15, 0.2) is 0 Å². The van der Waals surface area contributed by atoms with E-state index in [0.29, 0.717) is 24.2 Å². The van der Waals surface area contributed by atoms with Crippen molar-refractivity contribution in [1.82, 2.24) is 10.2 Å². The van der Waals surface area contributed by atoms with E-state index in [1.807, 2.05) is 0 Å². The number of halogens is 3. The van der Waals surface area contributed by atoms with E-state index in [-0.39, 0.29) is 5.92 Å². The Balaban J connectivity index is 2.72. The molecule has 1 rings (SSSR count). The van der Waals surface area contributed by atoms with Crippen molar-refractivity contribution in [3.63, 3.8) is 0 Å². The molecule has 0 aromatic rings. The zero-order chi connectivity index (χ0) is 15.5. The minimum Gasteiger partial charge on any atom is -0.480 e. The largest absolute Gasteiger partial charge is 0.480 e. The van der Waals surface area contributed by atoms with Crippen LogP contribution in [-0.4, -0.2) is 46.8 Å². The SMILES string of the molecule is CC[C@H](C)[C@H](NC(=O)N(CC(F)(F)F)C1CC1)C(=O)O. The number of nitrogens with zero attached hydrogens (tertiary/aromatic N) is 1. The Morgan fingerprint density at radius 2 is 1.95 bits per heavy atom. The molecule has 0 saturated heterocycles. The number of urea groups is 1. The summed E-state index contributed by atoms with van der Waals surface area (Å²) < 4.78 is 37.3. The lowest BCUT2D eigenvalue weighted by Gasteiger charge is -2.27. The van der Waals surface area contributed by atoms with Gasteiger partial charge in [0.1, 0.15) is 12.6 Å².